The summed E-state index contributed by atoms with van der Waals surface area (Å²) in [7, 11) is 0. The van der Waals surface area contributed by atoms with Crippen molar-refractivity contribution in [3.05, 3.63) is 39.1 Å². The molecular formula is C10H9N3O3S. The number of nitrogens with one attached hydrogen (secondary N) is 2. The van der Waals surface area contributed by atoms with Crippen molar-refractivity contribution in [1.29, 1.82) is 0 Å². The van der Waals surface area contributed by atoms with Gasteiger partial charge in [0.25, 0.3) is 11.5 Å². The maximum atomic E-state index is 11.7. The zero-order valence-electron chi connectivity index (χ0n) is 8.85. The molecule has 2 aromatic rings. The minimum atomic E-state index is -0.537. The predicted octanol–water partition coefficient (Wildman–Crippen LogP) is 1.10. The molecule has 0 aliphatic carbocycles. The number of H-pyrrole nitrogens is 1. The molecule has 0 unspecified atom stereocenters. The van der Waals surface area contributed by atoms with E-state index in [1.165, 1.54) is 17.4 Å². The first-order valence-corrected chi connectivity index (χ1v) is 5.59. The lowest BCUT2D eigenvalue weighted by molar-refractivity contribution is 0.102. The fourth-order valence-corrected chi connectivity index (χ4v) is 1.92. The number of aromatic amines is 1. The molecule has 0 spiro atoms. The average molecular weight is 251 g/mol. The maximum Gasteiger partial charge on any atom is 0.257 e. The Hall–Kier alpha value is -2.15. The summed E-state index contributed by atoms with van der Waals surface area (Å²) in [6, 6.07) is 2.28. The van der Waals surface area contributed by atoms with E-state index in [1.54, 1.807) is 5.38 Å². The van der Waals surface area contributed by atoms with Gasteiger partial charge < -0.3 is 5.11 Å². The molecule has 3 N–H and O–H groups in total. The summed E-state index contributed by atoms with van der Waals surface area (Å²) >= 11 is 1.29. The van der Waals surface area contributed by atoms with Crippen molar-refractivity contribution in [1.82, 2.24) is 9.97 Å². The number of hydrogen-bond donors (Lipinski definition) is 3. The van der Waals surface area contributed by atoms with Crippen molar-refractivity contribution in [3.8, 4) is 5.88 Å². The molecule has 0 bridgehead atoms. The zero-order valence-corrected chi connectivity index (χ0v) is 9.67. The highest BCUT2D eigenvalue weighted by Gasteiger charge is 2.10. The van der Waals surface area contributed by atoms with E-state index in [1.807, 2.05) is 6.92 Å². The largest absolute Gasteiger partial charge is 0.494 e. The molecule has 0 aliphatic rings. The van der Waals surface area contributed by atoms with Gasteiger partial charge in [0, 0.05) is 17.5 Å². The molecule has 7 heteroatoms. The summed E-state index contributed by atoms with van der Waals surface area (Å²) in [5, 5.41) is 14.0. The second kappa shape index (κ2) is 4.38. The third-order valence-corrected chi connectivity index (χ3v) is 2.81. The number of carbonyl (C=O) groups excluding carboxylic acids is 1. The van der Waals surface area contributed by atoms with Crippen LogP contribution in [0.25, 0.3) is 0 Å². The van der Waals surface area contributed by atoms with Gasteiger partial charge in [-0.1, -0.05) is 0 Å². The van der Waals surface area contributed by atoms with E-state index in [4.69, 9.17) is 5.11 Å². The van der Waals surface area contributed by atoms with E-state index in [0.29, 0.717) is 5.13 Å². The van der Waals surface area contributed by atoms with E-state index < -0.39 is 11.5 Å². The number of carbonyl (C=O) groups is 1. The van der Waals surface area contributed by atoms with Gasteiger partial charge in [0.15, 0.2) is 11.0 Å². The molecule has 0 saturated carbocycles. The Balaban J connectivity index is 2.22. The third-order valence-electron chi connectivity index (χ3n) is 1.93. The minimum Gasteiger partial charge on any atom is -0.494 e. The molecule has 1 amide bonds. The van der Waals surface area contributed by atoms with E-state index in [2.05, 4.69) is 15.3 Å². The Bertz CT molecular complexity index is 617. The molecule has 0 radical (unpaired) electrons. The summed E-state index contributed by atoms with van der Waals surface area (Å²) in [4.78, 5) is 29.0. The lowest BCUT2D eigenvalue weighted by Crippen LogP contribution is -2.15. The second-order valence-electron chi connectivity index (χ2n) is 3.37. The van der Waals surface area contributed by atoms with Crippen molar-refractivity contribution in [2.45, 2.75) is 6.92 Å². The Labute approximate surface area is 100.0 Å². The first kappa shape index (κ1) is 11.3. The number of nitrogens with zero attached hydrogens (tertiary/aromatic N) is 1. The van der Waals surface area contributed by atoms with E-state index in [9.17, 15) is 9.59 Å². The lowest BCUT2D eigenvalue weighted by Gasteiger charge is -2.01. The number of pyridine rings is 1. The lowest BCUT2D eigenvalue weighted by atomic mass is 10.2. The van der Waals surface area contributed by atoms with Crippen molar-refractivity contribution in [3.63, 3.8) is 0 Å². The highest BCUT2D eigenvalue weighted by atomic mass is 32.1. The van der Waals surface area contributed by atoms with E-state index in [0.717, 1.165) is 11.8 Å². The minimum absolute atomic E-state index is 0.0825. The average Bonchev–Trinajstić information content (AvgIpc) is 2.62. The fraction of sp³-hybridized carbons (Fsp3) is 0.100. The van der Waals surface area contributed by atoms with Gasteiger partial charge in [0.2, 0.25) is 0 Å². The molecule has 17 heavy (non-hydrogen) atoms. The summed E-state index contributed by atoms with van der Waals surface area (Å²) < 4.78 is 0. The van der Waals surface area contributed by atoms with Crippen molar-refractivity contribution in [2.75, 3.05) is 5.32 Å². The Morgan fingerprint density at radius 1 is 1.53 bits per heavy atom. The molecule has 88 valence electrons. The van der Waals surface area contributed by atoms with Gasteiger partial charge in [0.1, 0.15) is 0 Å². The number of aromatic nitrogens is 2. The molecule has 0 fully saturated rings. The first-order valence-electron chi connectivity index (χ1n) is 4.71. The van der Waals surface area contributed by atoms with Crippen LogP contribution in [0.3, 0.4) is 0 Å². The van der Waals surface area contributed by atoms with Gasteiger partial charge in [0.05, 0.1) is 11.3 Å². The van der Waals surface area contributed by atoms with Crippen LogP contribution in [-0.2, 0) is 0 Å². The SMILES string of the molecule is Cc1csc(NC(=O)c2cc(O)[nH]c(=O)c2)n1. The standard InChI is InChI=1S/C10H9N3O3S/c1-5-4-17-10(11-5)13-9(16)6-2-7(14)12-8(15)3-6/h2-4H,1H3,(H,11,13,16)(H2,12,14,15). The molecule has 0 atom stereocenters. The smallest absolute Gasteiger partial charge is 0.257 e. The summed E-state index contributed by atoms with van der Waals surface area (Å²) in [6.45, 7) is 1.81. The van der Waals surface area contributed by atoms with Crippen LogP contribution in [0.1, 0.15) is 16.1 Å². The van der Waals surface area contributed by atoms with Crippen molar-refractivity contribution in [2.24, 2.45) is 0 Å². The van der Waals surface area contributed by atoms with Gasteiger partial charge >= 0.3 is 0 Å². The van der Waals surface area contributed by atoms with Gasteiger partial charge in [-0.05, 0) is 6.92 Å². The third kappa shape index (κ3) is 2.70. The molecule has 0 saturated heterocycles. The Morgan fingerprint density at radius 2 is 2.29 bits per heavy atom. The molecule has 2 heterocycles. The van der Waals surface area contributed by atoms with Crippen LogP contribution in [0.5, 0.6) is 5.88 Å². The number of aromatic hydroxyl groups is 1. The maximum absolute atomic E-state index is 11.7. The second-order valence-corrected chi connectivity index (χ2v) is 4.22. The van der Waals surface area contributed by atoms with Crippen LogP contribution in [0.4, 0.5) is 5.13 Å². The quantitative estimate of drug-likeness (QED) is 0.744. The van der Waals surface area contributed by atoms with Gasteiger partial charge in [-0.15, -0.1) is 11.3 Å². The Kier molecular flexibility index (Phi) is 2.92. The number of anilines is 1. The number of aryl methyl sites for hydroxylation is 1. The predicted molar refractivity (Wildman–Crippen MR) is 63.5 cm³/mol. The van der Waals surface area contributed by atoms with Crippen LogP contribution in [-0.4, -0.2) is 21.0 Å². The molecule has 0 aliphatic heterocycles. The molecule has 6 nitrogen and oxygen atoms in total. The highest BCUT2D eigenvalue weighted by Crippen LogP contribution is 2.15. The number of rotatable bonds is 2. The summed E-state index contributed by atoms with van der Waals surface area (Å²) in [5.41, 5.74) is 0.351. The van der Waals surface area contributed by atoms with Gasteiger partial charge in [-0.3, -0.25) is 19.9 Å². The number of amides is 1. The zero-order chi connectivity index (χ0) is 12.4. The van der Waals surface area contributed by atoms with Crippen LogP contribution < -0.4 is 10.9 Å². The van der Waals surface area contributed by atoms with Crippen LogP contribution >= 0.6 is 11.3 Å². The van der Waals surface area contributed by atoms with E-state index in [-0.39, 0.29) is 11.4 Å². The highest BCUT2D eigenvalue weighted by molar-refractivity contribution is 7.13. The monoisotopic (exact) mass is 251 g/mol. The Morgan fingerprint density at radius 3 is 2.88 bits per heavy atom. The van der Waals surface area contributed by atoms with Gasteiger partial charge in [-0.2, -0.15) is 0 Å². The van der Waals surface area contributed by atoms with Crippen LogP contribution in [0.15, 0.2) is 22.3 Å². The van der Waals surface area contributed by atoms with E-state index >= 15 is 0 Å². The number of thiazole rings is 1. The fourth-order valence-electron chi connectivity index (χ4n) is 1.24. The molecular weight excluding hydrogens is 242 g/mol. The summed E-state index contributed by atoms with van der Waals surface area (Å²) in [5.74, 6) is -0.835. The molecule has 2 rings (SSSR count). The van der Waals surface area contributed by atoms with Crippen molar-refractivity contribution < 1.29 is 9.90 Å². The normalized spacial score (nSPS) is 10.2. The van der Waals surface area contributed by atoms with Gasteiger partial charge in [-0.25, -0.2) is 4.98 Å². The molecule has 2 aromatic heterocycles. The first-order chi connectivity index (χ1) is 8.04. The summed E-state index contributed by atoms with van der Waals surface area (Å²) in [6.07, 6.45) is 0. The van der Waals surface area contributed by atoms with Crippen LogP contribution in [0, 0.1) is 6.92 Å². The topological polar surface area (TPSA) is 95.1 Å². The molecule has 0 aromatic carbocycles. The van der Waals surface area contributed by atoms with Crippen LogP contribution in [0.2, 0.25) is 0 Å². The number of hydrogen-bond acceptors (Lipinski definition) is 5. The van der Waals surface area contributed by atoms with Crippen molar-refractivity contribution >= 4 is 22.4 Å².